The van der Waals surface area contributed by atoms with E-state index >= 15 is 0 Å². The van der Waals surface area contributed by atoms with Gasteiger partial charge in [-0.3, -0.25) is 0 Å². The van der Waals surface area contributed by atoms with E-state index in [0.717, 1.165) is 17.9 Å². The van der Waals surface area contributed by atoms with Crippen molar-refractivity contribution in [2.75, 3.05) is 6.61 Å². The molecule has 0 aliphatic carbocycles. The average Bonchev–Trinajstić information content (AvgIpc) is 2.81. The largest absolute Gasteiger partial charge is 0.465 e. The molecular weight excluding hydrogens is 226 g/mol. The third-order valence-corrected chi connectivity index (χ3v) is 2.91. The summed E-state index contributed by atoms with van der Waals surface area (Å²) in [4.78, 5) is 0. The molecule has 0 aliphatic heterocycles. The number of nitrogens with one attached hydrogen (secondary N) is 1. The molecule has 0 bridgehead atoms. The average molecular weight is 245 g/mol. The Morgan fingerprint density at radius 1 is 1.17 bits per heavy atom. The second-order valence-electron chi connectivity index (χ2n) is 4.46. The number of aliphatic hydroxyl groups excluding tert-OH is 1. The third kappa shape index (κ3) is 3.72. The minimum atomic E-state index is 0.0535. The van der Waals surface area contributed by atoms with E-state index in [9.17, 15) is 5.11 Å². The highest BCUT2D eigenvalue weighted by molar-refractivity contribution is 5.16. The molecular formula is C15H19NO2. The Hall–Kier alpha value is -1.58. The van der Waals surface area contributed by atoms with E-state index in [1.54, 1.807) is 0 Å². The molecule has 0 amide bonds. The van der Waals surface area contributed by atoms with Crippen LogP contribution >= 0.6 is 0 Å². The fourth-order valence-electron chi connectivity index (χ4n) is 1.92. The van der Waals surface area contributed by atoms with Gasteiger partial charge in [0.1, 0.15) is 11.5 Å². The van der Waals surface area contributed by atoms with Gasteiger partial charge in [-0.2, -0.15) is 0 Å². The van der Waals surface area contributed by atoms with Crippen molar-refractivity contribution in [1.29, 1.82) is 0 Å². The highest BCUT2D eigenvalue weighted by Gasteiger charge is 2.08. The highest BCUT2D eigenvalue weighted by Crippen LogP contribution is 2.07. The van der Waals surface area contributed by atoms with Gasteiger partial charge in [0.2, 0.25) is 0 Å². The fourth-order valence-corrected chi connectivity index (χ4v) is 1.92. The van der Waals surface area contributed by atoms with E-state index < -0.39 is 0 Å². The molecule has 2 aromatic rings. The summed E-state index contributed by atoms with van der Waals surface area (Å²) < 4.78 is 5.48. The Morgan fingerprint density at radius 3 is 2.56 bits per heavy atom. The molecule has 2 rings (SSSR count). The van der Waals surface area contributed by atoms with Gasteiger partial charge in [-0.15, -0.1) is 0 Å². The molecule has 96 valence electrons. The Morgan fingerprint density at radius 2 is 1.94 bits per heavy atom. The summed E-state index contributed by atoms with van der Waals surface area (Å²) in [5, 5.41) is 12.7. The van der Waals surface area contributed by atoms with Crippen molar-refractivity contribution in [1.82, 2.24) is 5.32 Å². The van der Waals surface area contributed by atoms with Crippen molar-refractivity contribution < 1.29 is 9.52 Å². The zero-order valence-electron chi connectivity index (χ0n) is 10.6. The van der Waals surface area contributed by atoms with Crippen LogP contribution in [0.5, 0.6) is 0 Å². The molecule has 0 unspecified atom stereocenters. The Balaban J connectivity index is 1.86. The van der Waals surface area contributed by atoms with Crippen LogP contribution in [0.3, 0.4) is 0 Å². The van der Waals surface area contributed by atoms with Crippen molar-refractivity contribution in [2.45, 2.75) is 25.9 Å². The van der Waals surface area contributed by atoms with Gasteiger partial charge in [0.25, 0.3) is 0 Å². The molecule has 0 aliphatic rings. The van der Waals surface area contributed by atoms with E-state index in [1.807, 2.05) is 37.3 Å². The normalized spacial score (nSPS) is 12.6. The number of furan rings is 1. The summed E-state index contributed by atoms with van der Waals surface area (Å²) in [5.41, 5.74) is 1.22. The van der Waals surface area contributed by atoms with Crippen molar-refractivity contribution in [3.05, 3.63) is 59.5 Å². The molecule has 1 heterocycles. The highest BCUT2D eigenvalue weighted by atomic mass is 16.3. The Labute approximate surface area is 107 Å². The second kappa shape index (κ2) is 6.38. The molecule has 0 fully saturated rings. The number of aryl methyl sites for hydroxylation is 1. The van der Waals surface area contributed by atoms with Crippen LogP contribution in [-0.2, 0) is 13.0 Å². The van der Waals surface area contributed by atoms with E-state index in [4.69, 9.17) is 4.42 Å². The topological polar surface area (TPSA) is 45.4 Å². The number of hydrogen-bond acceptors (Lipinski definition) is 3. The van der Waals surface area contributed by atoms with E-state index in [2.05, 4.69) is 17.4 Å². The summed E-state index contributed by atoms with van der Waals surface area (Å²) in [6.07, 6.45) is 0.816. The smallest absolute Gasteiger partial charge is 0.117 e. The first kappa shape index (κ1) is 12.9. The van der Waals surface area contributed by atoms with Gasteiger partial charge in [0, 0.05) is 6.04 Å². The first-order valence-corrected chi connectivity index (χ1v) is 6.21. The standard InChI is InChI=1S/C15H19NO2/c1-12-7-8-15(18-12)10-16-14(11-17)9-13-5-3-2-4-6-13/h2-8,14,16-17H,9-11H2,1H3/t14-/m0/s1. The molecule has 2 N–H and O–H groups in total. The molecule has 1 aromatic heterocycles. The number of aliphatic hydroxyl groups is 1. The lowest BCUT2D eigenvalue weighted by molar-refractivity contribution is 0.238. The molecule has 3 nitrogen and oxygen atoms in total. The summed E-state index contributed by atoms with van der Waals surface area (Å²) in [5.74, 6) is 1.81. The molecule has 0 radical (unpaired) electrons. The van der Waals surface area contributed by atoms with Crippen molar-refractivity contribution in [3.8, 4) is 0 Å². The van der Waals surface area contributed by atoms with Crippen LogP contribution in [0, 0.1) is 6.92 Å². The van der Waals surface area contributed by atoms with Crippen LogP contribution in [0.2, 0.25) is 0 Å². The van der Waals surface area contributed by atoms with E-state index in [0.29, 0.717) is 6.54 Å². The van der Waals surface area contributed by atoms with Crippen LogP contribution in [0.25, 0.3) is 0 Å². The molecule has 1 aromatic carbocycles. The van der Waals surface area contributed by atoms with Gasteiger partial charge in [-0.1, -0.05) is 30.3 Å². The summed E-state index contributed by atoms with van der Waals surface area (Å²) in [6.45, 7) is 2.69. The summed E-state index contributed by atoms with van der Waals surface area (Å²) in [6, 6.07) is 14.1. The summed E-state index contributed by atoms with van der Waals surface area (Å²) in [7, 11) is 0. The van der Waals surface area contributed by atoms with Crippen molar-refractivity contribution in [3.63, 3.8) is 0 Å². The molecule has 0 saturated heterocycles. The van der Waals surface area contributed by atoms with Gasteiger partial charge < -0.3 is 14.8 Å². The van der Waals surface area contributed by atoms with E-state index in [-0.39, 0.29) is 12.6 Å². The zero-order valence-corrected chi connectivity index (χ0v) is 10.6. The SMILES string of the molecule is Cc1ccc(CN[C@H](CO)Cc2ccccc2)o1. The zero-order chi connectivity index (χ0) is 12.8. The van der Waals surface area contributed by atoms with Gasteiger partial charge >= 0.3 is 0 Å². The van der Waals surface area contributed by atoms with Gasteiger partial charge in [-0.05, 0) is 31.0 Å². The van der Waals surface area contributed by atoms with Crippen LogP contribution in [-0.4, -0.2) is 17.8 Å². The Bertz CT molecular complexity index is 464. The van der Waals surface area contributed by atoms with Crippen LogP contribution in [0.4, 0.5) is 0 Å². The molecule has 3 heteroatoms. The quantitative estimate of drug-likeness (QED) is 0.820. The second-order valence-corrected chi connectivity index (χ2v) is 4.46. The molecule has 1 atom stereocenters. The lowest BCUT2D eigenvalue weighted by Gasteiger charge is -2.15. The van der Waals surface area contributed by atoms with Gasteiger partial charge in [0.05, 0.1) is 13.2 Å². The van der Waals surface area contributed by atoms with Gasteiger partial charge in [-0.25, -0.2) is 0 Å². The molecule has 18 heavy (non-hydrogen) atoms. The number of rotatable bonds is 6. The first-order chi connectivity index (χ1) is 8.78. The molecule has 0 saturated carbocycles. The lowest BCUT2D eigenvalue weighted by Crippen LogP contribution is -2.33. The lowest BCUT2D eigenvalue weighted by atomic mass is 10.1. The van der Waals surface area contributed by atoms with Crippen LogP contribution in [0.1, 0.15) is 17.1 Å². The number of benzene rings is 1. The maximum absolute atomic E-state index is 9.38. The summed E-state index contributed by atoms with van der Waals surface area (Å²) >= 11 is 0. The van der Waals surface area contributed by atoms with Crippen LogP contribution in [0.15, 0.2) is 46.9 Å². The molecule has 0 spiro atoms. The monoisotopic (exact) mass is 245 g/mol. The Kier molecular flexibility index (Phi) is 4.56. The number of hydrogen-bond donors (Lipinski definition) is 2. The third-order valence-electron chi connectivity index (χ3n) is 2.91. The fraction of sp³-hybridized carbons (Fsp3) is 0.333. The maximum Gasteiger partial charge on any atom is 0.117 e. The predicted molar refractivity (Wildman–Crippen MR) is 71.3 cm³/mol. The first-order valence-electron chi connectivity index (χ1n) is 6.21. The maximum atomic E-state index is 9.38. The van der Waals surface area contributed by atoms with Crippen molar-refractivity contribution in [2.24, 2.45) is 0 Å². The minimum Gasteiger partial charge on any atom is -0.465 e. The van der Waals surface area contributed by atoms with Gasteiger partial charge in [0.15, 0.2) is 0 Å². The minimum absolute atomic E-state index is 0.0535. The van der Waals surface area contributed by atoms with Crippen molar-refractivity contribution >= 4 is 0 Å². The predicted octanol–water partition coefficient (Wildman–Crippen LogP) is 2.28. The van der Waals surface area contributed by atoms with Crippen LogP contribution < -0.4 is 5.32 Å². The van der Waals surface area contributed by atoms with E-state index in [1.165, 1.54) is 5.56 Å².